The van der Waals surface area contributed by atoms with Crippen molar-refractivity contribution in [2.45, 2.75) is 19.8 Å². The number of amides is 2. The molecule has 0 spiro atoms. The molecular formula is C20H24N2O4. The van der Waals surface area contributed by atoms with Gasteiger partial charge in [-0.25, -0.2) is 0 Å². The number of rotatable bonds is 9. The summed E-state index contributed by atoms with van der Waals surface area (Å²) >= 11 is 0. The van der Waals surface area contributed by atoms with Crippen LogP contribution in [0.2, 0.25) is 0 Å². The minimum absolute atomic E-state index is 0.0544. The highest BCUT2D eigenvalue weighted by atomic mass is 16.5. The number of anilines is 1. The monoisotopic (exact) mass is 356 g/mol. The summed E-state index contributed by atoms with van der Waals surface area (Å²) in [5.41, 5.74) is 1.53. The normalized spacial score (nSPS) is 10.1. The third kappa shape index (κ3) is 6.47. The van der Waals surface area contributed by atoms with E-state index < -0.39 is 0 Å². The van der Waals surface area contributed by atoms with Crippen molar-refractivity contribution in [3.63, 3.8) is 0 Å². The van der Waals surface area contributed by atoms with Crippen LogP contribution in [0.3, 0.4) is 0 Å². The van der Waals surface area contributed by atoms with Crippen molar-refractivity contribution >= 4 is 17.5 Å². The fraction of sp³-hybridized carbons (Fsp3) is 0.300. The van der Waals surface area contributed by atoms with Gasteiger partial charge < -0.3 is 20.1 Å². The van der Waals surface area contributed by atoms with Gasteiger partial charge in [-0.05, 0) is 48.4 Å². The molecule has 6 heteroatoms. The van der Waals surface area contributed by atoms with Gasteiger partial charge in [0, 0.05) is 12.7 Å². The van der Waals surface area contributed by atoms with Gasteiger partial charge in [-0.3, -0.25) is 9.59 Å². The van der Waals surface area contributed by atoms with Crippen molar-refractivity contribution in [2.75, 3.05) is 25.6 Å². The maximum absolute atomic E-state index is 12.0. The van der Waals surface area contributed by atoms with Gasteiger partial charge >= 0.3 is 0 Å². The zero-order chi connectivity index (χ0) is 18.8. The van der Waals surface area contributed by atoms with E-state index in [0.717, 1.165) is 17.7 Å². The summed E-state index contributed by atoms with van der Waals surface area (Å²) in [6, 6.07) is 14.3. The zero-order valence-corrected chi connectivity index (χ0v) is 15.1. The first-order valence-electron chi connectivity index (χ1n) is 8.55. The fourth-order valence-electron chi connectivity index (χ4n) is 2.18. The molecular weight excluding hydrogens is 332 g/mol. The van der Waals surface area contributed by atoms with Crippen LogP contribution in [0.5, 0.6) is 11.5 Å². The molecule has 0 atom stereocenters. The lowest BCUT2D eigenvalue weighted by Gasteiger charge is -2.09. The molecule has 26 heavy (non-hydrogen) atoms. The molecule has 0 radical (unpaired) electrons. The van der Waals surface area contributed by atoms with Gasteiger partial charge in [0.25, 0.3) is 5.91 Å². The summed E-state index contributed by atoms with van der Waals surface area (Å²) in [6.07, 6.45) is 1.26. The number of nitrogens with one attached hydrogen (secondary N) is 2. The summed E-state index contributed by atoms with van der Waals surface area (Å²) in [5, 5.41) is 5.33. The van der Waals surface area contributed by atoms with E-state index >= 15 is 0 Å². The second-order valence-electron chi connectivity index (χ2n) is 5.70. The van der Waals surface area contributed by atoms with Gasteiger partial charge in [0.2, 0.25) is 5.91 Å². The van der Waals surface area contributed by atoms with E-state index in [1.807, 2.05) is 19.1 Å². The maximum atomic E-state index is 12.0. The molecule has 0 heterocycles. The second kappa shape index (κ2) is 10.1. The Morgan fingerprint density at radius 3 is 2.08 bits per heavy atom. The van der Waals surface area contributed by atoms with Gasteiger partial charge in [0.05, 0.1) is 13.0 Å². The topological polar surface area (TPSA) is 76.7 Å². The SMILES string of the molecule is CCCOc1ccc(OCC(=O)Nc2ccc(CC(=O)NC)cc2)cc1. The van der Waals surface area contributed by atoms with Crippen LogP contribution >= 0.6 is 0 Å². The van der Waals surface area contributed by atoms with Crippen LogP contribution in [-0.4, -0.2) is 32.1 Å². The molecule has 0 aliphatic heterocycles. The Bertz CT molecular complexity index is 712. The number of ether oxygens (including phenoxy) is 2. The Hall–Kier alpha value is -3.02. The van der Waals surface area contributed by atoms with Crippen LogP contribution in [-0.2, 0) is 16.0 Å². The number of hydrogen-bond acceptors (Lipinski definition) is 4. The summed E-state index contributed by atoms with van der Waals surface area (Å²) in [6.45, 7) is 2.63. The highest BCUT2D eigenvalue weighted by molar-refractivity contribution is 5.92. The fourth-order valence-corrected chi connectivity index (χ4v) is 2.18. The predicted molar refractivity (Wildman–Crippen MR) is 101 cm³/mol. The molecule has 0 saturated carbocycles. The van der Waals surface area contributed by atoms with Crippen LogP contribution in [0.4, 0.5) is 5.69 Å². The van der Waals surface area contributed by atoms with Crippen LogP contribution in [0.25, 0.3) is 0 Å². The molecule has 6 nitrogen and oxygen atoms in total. The zero-order valence-electron chi connectivity index (χ0n) is 15.1. The van der Waals surface area contributed by atoms with Crippen molar-refractivity contribution in [2.24, 2.45) is 0 Å². The third-order valence-corrected chi connectivity index (χ3v) is 3.55. The molecule has 0 aromatic heterocycles. The van der Waals surface area contributed by atoms with E-state index in [1.165, 1.54) is 0 Å². The van der Waals surface area contributed by atoms with Crippen molar-refractivity contribution in [1.29, 1.82) is 0 Å². The molecule has 0 bridgehead atoms. The van der Waals surface area contributed by atoms with E-state index in [0.29, 0.717) is 24.5 Å². The number of carbonyl (C=O) groups is 2. The van der Waals surface area contributed by atoms with Crippen LogP contribution in [0, 0.1) is 0 Å². The van der Waals surface area contributed by atoms with Crippen LogP contribution in [0.1, 0.15) is 18.9 Å². The summed E-state index contributed by atoms with van der Waals surface area (Å²) < 4.78 is 11.0. The standard InChI is InChI=1S/C20H24N2O4/c1-3-12-25-17-8-10-18(11-9-17)26-14-20(24)22-16-6-4-15(5-7-16)13-19(23)21-2/h4-11H,3,12-14H2,1-2H3,(H,21,23)(H,22,24). The lowest BCUT2D eigenvalue weighted by Crippen LogP contribution is -2.21. The van der Waals surface area contributed by atoms with E-state index in [2.05, 4.69) is 10.6 Å². The second-order valence-corrected chi connectivity index (χ2v) is 5.70. The van der Waals surface area contributed by atoms with Gasteiger partial charge in [-0.1, -0.05) is 19.1 Å². The molecule has 2 rings (SSSR count). The Morgan fingerprint density at radius 1 is 0.885 bits per heavy atom. The Balaban J connectivity index is 1.78. The minimum Gasteiger partial charge on any atom is -0.494 e. The minimum atomic E-state index is -0.254. The maximum Gasteiger partial charge on any atom is 0.262 e. The molecule has 2 amide bonds. The third-order valence-electron chi connectivity index (χ3n) is 3.55. The van der Waals surface area contributed by atoms with E-state index in [4.69, 9.17) is 9.47 Å². The first kappa shape index (κ1) is 19.3. The average molecular weight is 356 g/mol. The van der Waals surface area contributed by atoms with Crippen LogP contribution < -0.4 is 20.1 Å². The van der Waals surface area contributed by atoms with Gasteiger partial charge in [0.15, 0.2) is 6.61 Å². The lowest BCUT2D eigenvalue weighted by atomic mass is 10.1. The predicted octanol–water partition coefficient (Wildman–Crippen LogP) is 2.78. The molecule has 138 valence electrons. The first-order chi connectivity index (χ1) is 12.6. The molecule has 0 aliphatic carbocycles. The summed E-state index contributed by atoms with van der Waals surface area (Å²) in [4.78, 5) is 23.3. The summed E-state index contributed by atoms with van der Waals surface area (Å²) in [5.74, 6) is 1.07. The number of carbonyl (C=O) groups excluding carboxylic acids is 2. The highest BCUT2D eigenvalue weighted by Gasteiger charge is 2.05. The quantitative estimate of drug-likeness (QED) is 0.724. The molecule has 2 N–H and O–H groups in total. The van der Waals surface area contributed by atoms with E-state index in [-0.39, 0.29) is 18.4 Å². The average Bonchev–Trinajstić information content (AvgIpc) is 2.67. The van der Waals surface area contributed by atoms with Gasteiger partial charge in [0.1, 0.15) is 11.5 Å². The number of hydrogen-bond donors (Lipinski definition) is 2. The van der Waals surface area contributed by atoms with Gasteiger partial charge in [-0.15, -0.1) is 0 Å². The largest absolute Gasteiger partial charge is 0.494 e. The number of likely N-dealkylation sites (N-methyl/N-ethyl adjacent to an activating group) is 1. The Kier molecular flexibility index (Phi) is 7.49. The van der Waals surface area contributed by atoms with Crippen molar-refractivity contribution < 1.29 is 19.1 Å². The molecule has 0 aliphatic rings. The number of benzene rings is 2. The van der Waals surface area contributed by atoms with Crippen LogP contribution in [0.15, 0.2) is 48.5 Å². The summed E-state index contributed by atoms with van der Waals surface area (Å²) in [7, 11) is 1.60. The van der Waals surface area contributed by atoms with Crippen molar-refractivity contribution in [3.8, 4) is 11.5 Å². The molecule has 2 aromatic carbocycles. The smallest absolute Gasteiger partial charge is 0.262 e. The first-order valence-corrected chi connectivity index (χ1v) is 8.55. The lowest BCUT2D eigenvalue weighted by molar-refractivity contribution is -0.120. The van der Waals surface area contributed by atoms with Crippen molar-refractivity contribution in [3.05, 3.63) is 54.1 Å². The van der Waals surface area contributed by atoms with E-state index in [9.17, 15) is 9.59 Å². The molecule has 0 saturated heterocycles. The molecule has 0 unspecified atom stereocenters. The molecule has 2 aromatic rings. The highest BCUT2D eigenvalue weighted by Crippen LogP contribution is 2.18. The molecule has 0 fully saturated rings. The van der Waals surface area contributed by atoms with Gasteiger partial charge in [-0.2, -0.15) is 0 Å². The Morgan fingerprint density at radius 2 is 1.50 bits per heavy atom. The Labute approximate surface area is 153 Å². The van der Waals surface area contributed by atoms with E-state index in [1.54, 1.807) is 43.4 Å². The van der Waals surface area contributed by atoms with Crippen molar-refractivity contribution in [1.82, 2.24) is 5.32 Å².